The van der Waals surface area contributed by atoms with Crippen molar-refractivity contribution in [3.63, 3.8) is 0 Å². The summed E-state index contributed by atoms with van der Waals surface area (Å²) in [4.78, 5) is 24.7. The van der Waals surface area contributed by atoms with E-state index in [9.17, 15) is 4.79 Å². The van der Waals surface area contributed by atoms with Crippen molar-refractivity contribution < 1.29 is 19.0 Å². The quantitative estimate of drug-likeness (QED) is 0.671. The van der Waals surface area contributed by atoms with E-state index < -0.39 is 0 Å². The number of pyridine rings is 1. The van der Waals surface area contributed by atoms with Crippen LogP contribution in [0.4, 0.5) is 0 Å². The third-order valence-electron chi connectivity index (χ3n) is 4.32. The molecule has 2 aromatic rings. The van der Waals surface area contributed by atoms with Gasteiger partial charge in [0.1, 0.15) is 11.6 Å². The van der Waals surface area contributed by atoms with E-state index in [1.165, 1.54) is 0 Å². The van der Waals surface area contributed by atoms with Crippen LogP contribution in [0, 0.1) is 12.8 Å². The van der Waals surface area contributed by atoms with Gasteiger partial charge in [-0.1, -0.05) is 0 Å². The highest BCUT2D eigenvalue weighted by Crippen LogP contribution is 2.46. The third kappa shape index (κ3) is 4.47. The first-order valence-electron chi connectivity index (χ1n) is 8.71. The van der Waals surface area contributed by atoms with E-state index in [1.807, 2.05) is 12.1 Å². The molecule has 0 aromatic carbocycles. The molecule has 0 spiro atoms. The first-order valence-corrected chi connectivity index (χ1v) is 8.71. The van der Waals surface area contributed by atoms with Gasteiger partial charge >= 0.3 is 5.97 Å². The zero-order valence-electron chi connectivity index (χ0n) is 15.3. The van der Waals surface area contributed by atoms with Crippen LogP contribution in [0.2, 0.25) is 0 Å². The molecule has 2 heterocycles. The third-order valence-corrected chi connectivity index (χ3v) is 4.32. The summed E-state index contributed by atoms with van der Waals surface area (Å²) in [6.45, 7) is 4.45. The largest absolute Gasteiger partial charge is 0.495 e. The van der Waals surface area contributed by atoms with Gasteiger partial charge in [0.2, 0.25) is 5.88 Å². The minimum Gasteiger partial charge on any atom is -0.495 e. The summed E-state index contributed by atoms with van der Waals surface area (Å²) < 4.78 is 16.0. The molecule has 0 N–H and O–H groups in total. The van der Waals surface area contributed by atoms with Crippen LogP contribution in [-0.4, -0.2) is 41.2 Å². The average Bonchev–Trinajstić information content (AvgIpc) is 3.42. The zero-order chi connectivity index (χ0) is 18.5. The number of aromatic nitrogens is 3. The highest BCUT2D eigenvalue weighted by molar-refractivity contribution is 5.73. The molecule has 26 heavy (non-hydrogen) atoms. The second kappa shape index (κ2) is 8.12. The Balaban J connectivity index is 1.59. The highest BCUT2D eigenvalue weighted by atomic mass is 16.5. The number of methoxy groups -OCH3 is 1. The van der Waals surface area contributed by atoms with Crippen LogP contribution in [-0.2, 0) is 16.0 Å². The normalized spacial score (nSPS) is 18.3. The SMILES string of the molecule is CCOC(=O)Cc1cnc(C)nc1OC[C@H]1C[C@@H]1c1ccc(OC)cn1. The molecule has 7 nitrogen and oxygen atoms in total. The molecule has 2 aromatic heterocycles. The number of aryl methyl sites for hydroxylation is 1. The average molecular weight is 357 g/mol. The maximum Gasteiger partial charge on any atom is 0.310 e. The summed E-state index contributed by atoms with van der Waals surface area (Å²) in [6.07, 6.45) is 4.50. The van der Waals surface area contributed by atoms with E-state index in [2.05, 4.69) is 15.0 Å². The molecule has 1 saturated carbocycles. The van der Waals surface area contributed by atoms with Gasteiger partial charge in [0.15, 0.2) is 0 Å². The van der Waals surface area contributed by atoms with E-state index in [-0.39, 0.29) is 12.4 Å². The number of rotatable bonds is 8. The maximum absolute atomic E-state index is 11.7. The molecule has 1 aliphatic carbocycles. The van der Waals surface area contributed by atoms with Crippen LogP contribution < -0.4 is 9.47 Å². The highest BCUT2D eigenvalue weighted by Gasteiger charge is 2.40. The van der Waals surface area contributed by atoms with Gasteiger partial charge in [0.25, 0.3) is 0 Å². The first kappa shape index (κ1) is 18.1. The number of ether oxygens (including phenoxy) is 3. The fourth-order valence-corrected chi connectivity index (χ4v) is 2.80. The van der Waals surface area contributed by atoms with E-state index in [0.717, 1.165) is 17.9 Å². The van der Waals surface area contributed by atoms with Crippen molar-refractivity contribution in [1.82, 2.24) is 15.0 Å². The van der Waals surface area contributed by atoms with Gasteiger partial charge < -0.3 is 14.2 Å². The predicted octanol–water partition coefficient (Wildman–Crippen LogP) is 2.48. The van der Waals surface area contributed by atoms with E-state index >= 15 is 0 Å². The predicted molar refractivity (Wildman–Crippen MR) is 94.2 cm³/mol. The Morgan fingerprint density at radius 3 is 2.81 bits per heavy atom. The van der Waals surface area contributed by atoms with Gasteiger partial charge in [0, 0.05) is 29.3 Å². The topological polar surface area (TPSA) is 83.4 Å². The molecular weight excluding hydrogens is 334 g/mol. The van der Waals surface area contributed by atoms with E-state index in [0.29, 0.717) is 42.3 Å². The monoisotopic (exact) mass is 357 g/mol. The minimum absolute atomic E-state index is 0.109. The summed E-state index contributed by atoms with van der Waals surface area (Å²) in [6, 6.07) is 3.91. The van der Waals surface area contributed by atoms with Crippen molar-refractivity contribution in [1.29, 1.82) is 0 Å². The summed E-state index contributed by atoms with van der Waals surface area (Å²) in [5.41, 5.74) is 1.69. The number of nitrogens with zero attached hydrogens (tertiary/aromatic N) is 3. The fraction of sp³-hybridized carbons (Fsp3) is 0.474. The van der Waals surface area contributed by atoms with Crippen LogP contribution in [0.15, 0.2) is 24.5 Å². The lowest BCUT2D eigenvalue weighted by atomic mass is 10.2. The van der Waals surface area contributed by atoms with Crippen molar-refractivity contribution in [2.75, 3.05) is 20.3 Å². The second-order valence-electron chi connectivity index (χ2n) is 6.27. The van der Waals surface area contributed by atoms with E-state index in [1.54, 1.807) is 33.4 Å². The molecule has 2 atom stereocenters. The minimum atomic E-state index is -0.309. The molecule has 3 rings (SSSR count). The number of carbonyl (C=O) groups excluding carboxylic acids is 1. The van der Waals surface area contributed by atoms with Gasteiger partial charge in [-0.05, 0) is 32.4 Å². The summed E-state index contributed by atoms with van der Waals surface area (Å²) in [7, 11) is 1.63. The molecule has 0 radical (unpaired) electrons. The van der Waals surface area contributed by atoms with Crippen LogP contribution in [0.5, 0.6) is 11.6 Å². The van der Waals surface area contributed by atoms with Crippen LogP contribution in [0.3, 0.4) is 0 Å². The summed E-state index contributed by atoms with van der Waals surface area (Å²) >= 11 is 0. The van der Waals surface area contributed by atoms with Gasteiger partial charge in [-0.2, -0.15) is 4.98 Å². The lowest BCUT2D eigenvalue weighted by Crippen LogP contribution is -2.12. The van der Waals surface area contributed by atoms with Gasteiger partial charge in [0.05, 0.1) is 32.9 Å². The van der Waals surface area contributed by atoms with Gasteiger partial charge in [-0.15, -0.1) is 0 Å². The van der Waals surface area contributed by atoms with Crippen molar-refractivity contribution >= 4 is 5.97 Å². The molecule has 138 valence electrons. The molecule has 0 bridgehead atoms. The number of hydrogen-bond acceptors (Lipinski definition) is 7. The Bertz CT molecular complexity index is 764. The summed E-state index contributed by atoms with van der Waals surface area (Å²) in [5.74, 6) is 2.29. The smallest absolute Gasteiger partial charge is 0.310 e. The molecule has 1 aliphatic rings. The molecule has 7 heteroatoms. The van der Waals surface area contributed by atoms with Crippen molar-refractivity contribution in [3.8, 4) is 11.6 Å². The molecule has 0 aliphatic heterocycles. The Morgan fingerprint density at radius 2 is 2.12 bits per heavy atom. The zero-order valence-corrected chi connectivity index (χ0v) is 15.3. The number of hydrogen-bond donors (Lipinski definition) is 0. The van der Waals surface area contributed by atoms with Crippen LogP contribution in [0.1, 0.15) is 36.3 Å². The fourth-order valence-electron chi connectivity index (χ4n) is 2.80. The molecular formula is C19H23N3O4. The number of carbonyl (C=O) groups is 1. The Kier molecular flexibility index (Phi) is 5.65. The second-order valence-corrected chi connectivity index (χ2v) is 6.27. The lowest BCUT2D eigenvalue weighted by Gasteiger charge is -2.10. The van der Waals surface area contributed by atoms with Crippen molar-refractivity contribution in [2.45, 2.75) is 32.6 Å². The van der Waals surface area contributed by atoms with Gasteiger partial charge in [-0.25, -0.2) is 4.98 Å². The molecule has 0 amide bonds. The van der Waals surface area contributed by atoms with Crippen LogP contribution >= 0.6 is 0 Å². The van der Waals surface area contributed by atoms with Crippen molar-refractivity contribution in [2.24, 2.45) is 5.92 Å². The Hall–Kier alpha value is -2.70. The summed E-state index contributed by atoms with van der Waals surface area (Å²) in [5, 5.41) is 0. The lowest BCUT2D eigenvalue weighted by molar-refractivity contribution is -0.142. The van der Waals surface area contributed by atoms with Crippen molar-refractivity contribution in [3.05, 3.63) is 41.6 Å². The Morgan fingerprint density at radius 1 is 1.27 bits per heavy atom. The molecule has 0 saturated heterocycles. The first-order chi connectivity index (χ1) is 12.6. The number of esters is 1. The van der Waals surface area contributed by atoms with Gasteiger partial charge in [-0.3, -0.25) is 9.78 Å². The van der Waals surface area contributed by atoms with E-state index in [4.69, 9.17) is 14.2 Å². The standard InChI is InChI=1S/C19H23N3O4/c1-4-25-18(23)8-13-9-20-12(2)22-19(13)26-11-14-7-16(14)17-6-5-15(24-3)10-21-17/h5-6,9-10,14,16H,4,7-8,11H2,1-3H3/t14-,16+/m1/s1. The molecule has 1 fully saturated rings. The Labute approximate surface area is 152 Å². The maximum atomic E-state index is 11.7. The van der Waals surface area contributed by atoms with Crippen LogP contribution in [0.25, 0.3) is 0 Å². The molecule has 0 unspecified atom stereocenters.